The number of nitrogens with one attached hydrogen (secondary N) is 3. The van der Waals surface area contributed by atoms with Crippen LogP contribution in [0.15, 0.2) is 77.8 Å². The first-order valence-corrected chi connectivity index (χ1v) is 12.7. The van der Waals surface area contributed by atoms with Gasteiger partial charge >= 0.3 is 5.97 Å². The van der Waals surface area contributed by atoms with Crippen molar-refractivity contribution in [3.8, 4) is 5.75 Å². The Morgan fingerprint density at radius 3 is 2.21 bits per heavy atom. The van der Waals surface area contributed by atoms with E-state index in [9.17, 15) is 27.6 Å². The molecule has 0 unspecified atom stereocenters. The van der Waals surface area contributed by atoms with E-state index < -0.39 is 34.4 Å². The molecule has 0 radical (unpaired) electrons. The van der Waals surface area contributed by atoms with Gasteiger partial charge in [0.1, 0.15) is 18.0 Å². The maximum Gasteiger partial charge on any atom is 0.322 e. The van der Waals surface area contributed by atoms with Gasteiger partial charge in [0.15, 0.2) is 6.61 Å². The van der Waals surface area contributed by atoms with Gasteiger partial charge in [-0.1, -0.05) is 30.3 Å². The van der Waals surface area contributed by atoms with Crippen LogP contribution in [0, 0.1) is 0 Å². The molecule has 0 fully saturated rings. The second-order valence-corrected chi connectivity index (χ2v) is 9.47. The summed E-state index contributed by atoms with van der Waals surface area (Å²) >= 11 is 0. The summed E-state index contributed by atoms with van der Waals surface area (Å²) in [6.07, 6.45) is 1.45. The highest BCUT2D eigenvalue weighted by molar-refractivity contribution is 7.90. The van der Waals surface area contributed by atoms with Crippen LogP contribution in [-0.2, 0) is 26.0 Å². The number of ether oxygens (including phenoxy) is 1. The molecule has 0 atom stereocenters. The van der Waals surface area contributed by atoms with Crippen molar-refractivity contribution in [2.45, 2.75) is 11.3 Å². The summed E-state index contributed by atoms with van der Waals surface area (Å²) in [5.41, 5.74) is 0.508. The van der Waals surface area contributed by atoms with Crippen molar-refractivity contribution in [1.82, 2.24) is 20.3 Å². The number of sulfonamides is 1. The minimum Gasteiger partial charge on any atom is -0.484 e. The molecule has 0 spiro atoms. The fraction of sp³-hybridized carbons (Fsp3) is 0.160. The minimum atomic E-state index is -4.19. The predicted octanol–water partition coefficient (Wildman–Crippen LogP) is 0.752. The molecule has 2 aromatic carbocycles. The van der Waals surface area contributed by atoms with E-state index in [0.29, 0.717) is 18.7 Å². The first kappa shape index (κ1) is 27.8. The summed E-state index contributed by atoms with van der Waals surface area (Å²) in [6.45, 7) is -0.410. The van der Waals surface area contributed by atoms with Gasteiger partial charge in [-0.25, -0.2) is 13.1 Å². The fourth-order valence-corrected chi connectivity index (χ4v) is 4.02. The predicted molar refractivity (Wildman–Crippen MR) is 134 cm³/mol. The Morgan fingerprint density at radius 1 is 0.868 bits per heavy atom. The highest BCUT2D eigenvalue weighted by Crippen LogP contribution is 2.12. The topological polar surface area (TPSA) is 181 Å². The number of para-hydroxylation sites is 1. The van der Waals surface area contributed by atoms with Crippen LogP contribution in [0.3, 0.4) is 0 Å². The van der Waals surface area contributed by atoms with Gasteiger partial charge in [-0.3, -0.25) is 24.2 Å². The minimum absolute atomic E-state index is 0.119. The van der Waals surface area contributed by atoms with Crippen molar-refractivity contribution < 1.29 is 37.4 Å². The average molecular weight is 541 g/mol. The molecule has 0 aliphatic carbocycles. The van der Waals surface area contributed by atoms with E-state index in [1.165, 1.54) is 24.3 Å². The number of hydrogen-bond acceptors (Lipinski definition) is 8. The maximum absolute atomic E-state index is 12.6. The zero-order chi connectivity index (χ0) is 27.5. The van der Waals surface area contributed by atoms with Gasteiger partial charge in [-0.2, -0.15) is 0 Å². The van der Waals surface area contributed by atoms with E-state index >= 15 is 0 Å². The summed E-state index contributed by atoms with van der Waals surface area (Å²) in [5, 5.41) is 13.4. The number of carboxylic acids is 1. The van der Waals surface area contributed by atoms with Gasteiger partial charge in [0.25, 0.3) is 27.7 Å². The lowest BCUT2D eigenvalue weighted by Gasteiger charge is -2.09. The van der Waals surface area contributed by atoms with Gasteiger partial charge in [0.2, 0.25) is 0 Å². The van der Waals surface area contributed by atoms with Gasteiger partial charge in [0, 0.05) is 12.7 Å². The second-order valence-electron chi connectivity index (χ2n) is 7.79. The highest BCUT2D eigenvalue weighted by Gasteiger charge is 2.19. The van der Waals surface area contributed by atoms with Crippen molar-refractivity contribution in [2.75, 3.05) is 19.7 Å². The molecule has 0 bridgehead atoms. The Labute approximate surface area is 218 Å². The third-order valence-electron chi connectivity index (χ3n) is 4.97. The largest absolute Gasteiger partial charge is 0.484 e. The number of amides is 3. The van der Waals surface area contributed by atoms with Gasteiger partial charge < -0.3 is 20.5 Å². The van der Waals surface area contributed by atoms with Crippen LogP contribution in [0.4, 0.5) is 0 Å². The lowest BCUT2D eigenvalue weighted by molar-refractivity contribution is -0.135. The molecule has 0 saturated heterocycles. The molecule has 12 nitrogen and oxygen atoms in total. The lowest BCUT2D eigenvalue weighted by atomic mass is 10.1. The molecule has 1 heterocycles. The Kier molecular flexibility index (Phi) is 9.48. The number of aliphatic carboxylic acids is 1. The Bertz CT molecular complexity index is 1390. The van der Waals surface area contributed by atoms with E-state index in [4.69, 9.17) is 9.84 Å². The lowest BCUT2D eigenvalue weighted by Crippen LogP contribution is -2.31. The van der Waals surface area contributed by atoms with Crippen LogP contribution in [0.5, 0.6) is 5.75 Å². The van der Waals surface area contributed by atoms with Crippen LogP contribution in [-0.4, -0.2) is 61.9 Å². The third kappa shape index (κ3) is 8.41. The number of benzene rings is 2. The summed E-state index contributed by atoms with van der Waals surface area (Å²) in [4.78, 5) is 50.2. The average Bonchev–Trinajstić information content (AvgIpc) is 2.91. The number of aromatic nitrogens is 1. The Balaban J connectivity index is 1.48. The zero-order valence-corrected chi connectivity index (χ0v) is 20.7. The van der Waals surface area contributed by atoms with Crippen molar-refractivity contribution in [2.24, 2.45) is 0 Å². The molecule has 198 valence electrons. The van der Waals surface area contributed by atoms with Crippen LogP contribution in [0.1, 0.15) is 26.4 Å². The normalized spacial score (nSPS) is 10.7. The molecule has 3 amide bonds. The molecule has 0 aliphatic heterocycles. The van der Waals surface area contributed by atoms with Crippen molar-refractivity contribution in [3.63, 3.8) is 0 Å². The number of carbonyl (C=O) groups is 4. The molecule has 1 aromatic heterocycles. The number of carbonyl (C=O) groups excluding carboxylic acids is 3. The summed E-state index contributed by atoms with van der Waals surface area (Å²) in [7, 11) is -4.19. The first-order valence-electron chi connectivity index (χ1n) is 11.2. The zero-order valence-electron chi connectivity index (χ0n) is 19.9. The Morgan fingerprint density at radius 2 is 1.58 bits per heavy atom. The van der Waals surface area contributed by atoms with Gasteiger partial charge in [-0.05, 0) is 48.4 Å². The smallest absolute Gasteiger partial charge is 0.322 e. The number of carboxylic acid groups (broad SMARTS) is 1. The van der Waals surface area contributed by atoms with Crippen molar-refractivity contribution >= 4 is 33.7 Å². The van der Waals surface area contributed by atoms with E-state index in [1.807, 2.05) is 10.8 Å². The molecule has 0 aliphatic rings. The molecule has 0 saturated carbocycles. The molecular weight excluding hydrogens is 516 g/mol. The third-order valence-corrected chi connectivity index (χ3v) is 6.32. The fourth-order valence-electron chi connectivity index (χ4n) is 3.05. The summed E-state index contributed by atoms with van der Waals surface area (Å²) in [5.74, 6) is -2.66. The van der Waals surface area contributed by atoms with E-state index in [-0.39, 0.29) is 28.7 Å². The quantitative estimate of drug-likeness (QED) is 0.258. The van der Waals surface area contributed by atoms with Gasteiger partial charge in [-0.15, -0.1) is 0 Å². The monoisotopic (exact) mass is 540 g/mol. The molecule has 3 rings (SSSR count). The molecule has 38 heavy (non-hydrogen) atoms. The SMILES string of the molecule is O=C(O)CNC(=O)c1ccc(C(=O)NS(=O)(=O)c2ccc(CCNC(=O)COc3ccccc3)cc2)cn1. The maximum atomic E-state index is 12.6. The van der Waals surface area contributed by atoms with Crippen LogP contribution < -0.4 is 20.1 Å². The molecule has 3 aromatic rings. The first-order chi connectivity index (χ1) is 18.1. The standard InChI is InChI=1S/C25H24N4O8S/c30-22(16-37-19-4-2-1-3-5-19)26-13-12-17-6-9-20(10-7-17)38(35,36)29-24(33)18-8-11-21(27-14-18)25(34)28-15-23(31)32/h1-11,14H,12-13,15-16H2,(H,26,30)(H,28,34)(H,29,33)(H,31,32). The molecule has 13 heteroatoms. The van der Waals surface area contributed by atoms with Crippen molar-refractivity contribution in [1.29, 1.82) is 0 Å². The summed E-state index contributed by atoms with van der Waals surface area (Å²) < 4.78 is 32.5. The number of hydrogen-bond donors (Lipinski definition) is 4. The van der Waals surface area contributed by atoms with Crippen LogP contribution in [0.2, 0.25) is 0 Å². The van der Waals surface area contributed by atoms with Crippen LogP contribution in [0.25, 0.3) is 0 Å². The summed E-state index contributed by atoms with van der Waals surface area (Å²) in [6, 6.07) is 17.1. The van der Waals surface area contributed by atoms with Crippen molar-refractivity contribution in [3.05, 3.63) is 89.7 Å². The van der Waals surface area contributed by atoms with Gasteiger partial charge in [0.05, 0.1) is 10.5 Å². The number of rotatable bonds is 12. The number of pyridine rings is 1. The highest BCUT2D eigenvalue weighted by atomic mass is 32.2. The number of nitrogens with zero attached hydrogens (tertiary/aromatic N) is 1. The second kappa shape index (κ2) is 13.0. The van der Waals surface area contributed by atoms with E-state index in [2.05, 4.69) is 15.6 Å². The van der Waals surface area contributed by atoms with E-state index in [1.54, 1.807) is 36.4 Å². The molecule has 4 N–H and O–H groups in total. The Hall–Kier alpha value is -4.78. The van der Waals surface area contributed by atoms with E-state index in [0.717, 1.165) is 11.8 Å². The molecular formula is C25H24N4O8S. The van der Waals surface area contributed by atoms with Crippen LogP contribution >= 0.6 is 0 Å².